The van der Waals surface area contributed by atoms with Crippen LogP contribution in [-0.2, 0) is 14.3 Å². The number of benzene rings is 1. The number of rotatable bonds is 4. The van der Waals surface area contributed by atoms with Crippen molar-refractivity contribution in [2.75, 3.05) is 7.11 Å². The van der Waals surface area contributed by atoms with Crippen LogP contribution in [0.5, 0.6) is 0 Å². The van der Waals surface area contributed by atoms with E-state index < -0.39 is 23.6 Å². The molecule has 0 radical (unpaired) electrons. The van der Waals surface area contributed by atoms with Crippen molar-refractivity contribution in [3.8, 4) is 0 Å². The van der Waals surface area contributed by atoms with Gasteiger partial charge in [-0.3, -0.25) is 4.79 Å². The summed E-state index contributed by atoms with van der Waals surface area (Å²) in [5, 5.41) is -1.32. The molecule has 1 aromatic carbocycles. The molecule has 0 amide bonds. The van der Waals surface area contributed by atoms with Gasteiger partial charge in [-0.15, -0.1) is 11.6 Å². The van der Waals surface area contributed by atoms with Gasteiger partial charge < -0.3 is 4.74 Å². The molecular weight excluding hydrogens is 254 g/mol. The van der Waals surface area contributed by atoms with Gasteiger partial charge in [0.25, 0.3) is 12.2 Å². The summed E-state index contributed by atoms with van der Waals surface area (Å²) in [5.41, 5.74) is -0.120. The highest BCUT2D eigenvalue weighted by Crippen LogP contribution is 2.26. The fourth-order valence-electron chi connectivity index (χ4n) is 1.21. The Labute approximate surface area is 101 Å². The molecule has 0 saturated carbocycles. The summed E-state index contributed by atoms with van der Waals surface area (Å²) < 4.78 is 29.0. The van der Waals surface area contributed by atoms with E-state index in [0.29, 0.717) is 0 Å². The fraction of sp³-hybridized carbons (Fsp3) is 0.273. The molecule has 1 atom stereocenters. The molecule has 0 aromatic heterocycles. The molecule has 3 nitrogen and oxygen atoms in total. The number of hydrogen-bond donors (Lipinski definition) is 0. The minimum absolute atomic E-state index is 0.139. The molecule has 0 aliphatic heterocycles. The van der Waals surface area contributed by atoms with E-state index in [4.69, 9.17) is 11.6 Å². The second-order valence-corrected chi connectivity index (χ2v) is 3.63. The van der Waals surface area contributed by atoms with Gasteiger partial charge >= 0.3 is 5.97 Å². The third-order valence-corrected chi connectivity index (χ3v) is 2.52. The predicted octanol–water partition coefficient (Wildman–Crippen LogP) is 2.65. The highest BCUT2D eigenvalue weighted by Gasteiger charge is 2.26. The van der Waals surface area contributed by atoms with Gasteiger partial charge in [-0.1, -0.05) is 18.2 Å². The zero-order valence-corrected chi connectivity index (χ0v) is 9.58. The number of hydrogen-bond acceptors (Lipinski definition) is 3. The van der Waals surface area contributed by atoms with Gasteiger partial charge in [0.2, 0.25) is 0 Å². The maximum absolute atomic E-state index is 12.4. The molecule has 1 rings (SSSR count). The van der Waals surface area contributed by atoms with Crippen LogP contribution in [0.2, 0.25) is 0 Å². The Bertz CT molecular complexity index is 434. The monoisotopic (exact) mass is 262 g/mol. The summed E-state index contributed by atoms with van der Waals surface area (Å²) in [6.07, 6.45) is -2.66. The largest absolute Gasteiger partial charge is 0.463 e. The topological polar surface area (TPSA) is 43.4 Å². The lowest BCUT2D eigenvalue weighted by Crippen LogP contribution is -2.20. The van der Waals surface area contributed by atoms with Gasteiger partial charge in [-0.25, -0.2) is 13.6 Å². The lowest BCUT2D eigenvalue weighted by Gasteiger charge is -2.08. The van der Waals surface area contributed by atoms with Crippen LogP contribution in [0.4, 0.5) is 8.78 Å². The maximum Gasteiger partial charge on any atom is 0.376 e. The van der Waals surface area contributed by atoms with Crippen molar-refractivity contribution >= 4 is 23.4 Å². The van der Waals surface area contributed by atoms with Gasteiger partial charge in [0, 0.05) is 5.56 Å². The molecule has 1 aromatic rings. The van der Waals surface area contributed by atoms with Crippen LogP contribution in [0.25, 0.3) is 0 Å². The number of methoxy groups -OCH3 is 1. The van der Waals surface area contributed by atoms with Crippen molar-refractivity contribution in [3.05, 3.63) is 35.4 Å². The summed E-state index contributed by atoms with van der Waals surface area (Å²) in [5.74, 6) is -2.09. The van der Waals surface area contributed by atoms with Crippen LogP contribution < -0.4 is 0 Å². The van der Waals surface area contributed by atoms with Gasteiger partial charge in [0.05, 0.1) is 7.11 Å². The second-order valence-electron chi connectivity index (χ2n) is 3.19. The SMILES string of the molecule is COC(=O)C(=O)C(Cl)c1cccc(C(F)F)c1. The number of ether oxygens (including phenoxy) is 1. The minimum Gasteiger partial charge on any atom is -0.463 e. The number of carbonyl (C=O) groups is 2. The molecule has 92 valence electrons. The number of alkyl halides is 3. The molecule has 17 heavy (non-hydrogen) atoms. The Hall–Kier alpha value is -1.49. The van der Waals surface area contributed by atoms with Crippen LogP contribution in [0.15, 0.2) is 24.3 Å². The first kappa shape index (κ1) is 13.6. The number of halogens is 3. The molecule has 1 unspecified atom stereocenters. The molecular formula is C11H9ClF2O3. The van der Waals surface area contributed by atoms with E-state index >= 15 is 0 Å². The first-order valence-corrected chi connectivity index (χ1v) is 5.05. The van der Waals surface area contributed by atoms with Gasteiger partial charge in [0.1, 0.15) is 5.38 Å². The Kier molecular flexibility index (Phi) is 4.57. The quantitative estimate of drug-likeness (QED) is 0.476. The van der Waals surface area contributed by atoms with Crippen LogP contribution in [0.3, 0.4) is 0 Å². The third-order valence-electron chi connectivity index (χ3n) is 2.07. The molecule has 0 bridgehead atoms. The molecule has 0 heterocycles. The molecule has 6 heteroatoms. The minimum atomic E-state index is -2.66. The molecule has 0 aliphatic rings. The van der Waals surface area contributed by atoms with E-state index in [2.05, 4.69) is 4.74 Å². The van der Waals surface area contributed by atoms with Crippen molar-refractivity contribution in [2.45, 2.75) is 11.8 Å². The third kappa shape index (κ3) is 3.23. The van der Waals surface area contributed by atoms with Crippen molar-refractivity contribution < 1.29 is 23.1 Å². The van der Waals surface area contributed by atoms with Crippen molar-refractivity contribution in [1.29, 1.82) is 0 Å². The summed E-state index contributed by atoms with van der Waals surface area (Å²) in [6.45, 7) is 0. The van der Waals surface area contributed by atoms with Crippen LogP contribution in [0.1, 0.15) is 22.9 Å². The normalized spacial score (nSPS) is 12.3. The molecule has 0 spiro atoms. The Morgan fingerprint density at radius 3 is 2.41 bits per heavy atom. The van der Waals surface area contributed by atoms with E-state index in [1.54, 1.807) is 0 Å². The van der Waals surface area contributed by atoms with Gasteiger partial charge in [-0.05, 0) is 11.6 Å². The summed E-state index contributed by atoms with van der Waals surface area (Å²) in [4.78, 5) is 22.3. The molecule has 0 fully saturated rings. The van der Waals surface area contributed by atoms with Crippen molar-refractivity contribution in [2.24, 2.45) is 0 Å². The predicted molar refractivity (Wildman–Crippen MR) is 57.0 cm³/mol. The van der Waals surface area contributed by atoms with E-state index in [0.717, 1.165) is 13.2 Å². The summed E-state index contributed by atoms with van der Waals surface area (Å²) in [6, 6.07) is 5.03. The van der Waals surface area contributed by atoms with E-state index in [1.807, 2.05) is 0 Å². The smallest absolute Gasteiger partial charge is 0.376 e. The summed E-state index contributed by atoms with van der Waals surface area (Å²) >= 11 is 5.71. The molecule has 0 aliphatic carbocycles. The molecule has 0 N–H and O–H groups in total. The number of Topliss-reactive ketones (excluding diaryl/α,β-unsaturated/α-hetero) is 1. The summed E-state index contributed by atoms with van der Waals surface area (Å²) in [7, 11) is 1.04. The Balaban J connectivity index is 2.96. The Morgan fingerprint density at radius 1 is 1.29 bits per heavy atom. The van der Waals surface area contributed by atoms with Gasteiger partial charge in [0.15, 0.2) is 0 Å². The highest BCUT2D eigenvalue weighted by molar-refractivity contribution is 6.47. The van der Waals surface area contributed by atoms with E-state index in [1.165, 1.54) is 18.2 Å². The van der Waals surface area contributed by atoms with Crippen LogP contribution in [-0.4, -0.2) is 18.9 Å². The van der Waals surface area contributed by atoms with E-state index in [9.17, 15) is 18.4 Å². The van der Waals surface area contributed by atoms with E-state index in [-0.39, 0.29) is 11.1 Å². The average Bonchev–Trinajstić information content (AvgIpc) is 2.36. The highest BCUT2D eigenvalue weighted by atomic mass is 35.5. The van der Waals surface area contributed by atoms with Crippen LogP contribution >= 0.6 is 11.6 Å². The Morgan fingerprint density at radius 2 is 1.88 bits per heavy atom. The van der Waals surface area contributed by atoms with Crippen LogP contribution in [0, 0.1) is 0 Å². The van der Waals surface area contributed by atoms with Gasteiger partial charge in [-0.2, -0.15) is 0 Å². The number of ketones is 1. The fourth-order valence-corrected chi connectivity index (χ4v) is 1.43. The van der Waals surface area contributed by atoms with Crippen molar-refractivity contribution in [3.63, 3.8) is 0 Å². The van der Waals surface area contributed by atoms with Crippen molar-refractivity contribution in [1.82, 2.24) is 0 Å². The number of esters is 1. The second kappa shape index (κ2) is 5.72. The lowest BCUT2D eigenvalue weighted by atomic mass is 10.1. The standard InChI is InChI=1S/C11H9ClF2O3/c1-17-11(16)9(15)8(12)6-3-2-4-7(5-6)10(13)14/h2-5,8,10H,1H3. The first-order chi connectivity index (χ1) is 7.97. The average molecular weight is 263 g/mol. The zero-order valence-electron chi connectivity index (χ0n) is 8.82. The maximum atomic E-state index is 12.4. The first-order valence-electron chi connectivity index (χ1n) is 4.61. The molecule has 0 saturated heterocycles. The number of carbonyl (C=O) groups excluding carboxylic acids is 2. The zero-order chi connectivity index (χ0) is 13.0. The lowest BCUT2D eigenvalue weighted by molar-refractivity contribution is -0.151.